The minimum absolute atomic E-state index is 0.384. The molecule has 19 heavy (non-hydrogen) atoms. The Bertz CT molecular complexity index is 623. The smallest absolute Gasteiger partial charge is 0.126 e. The highest BCUT2D eigenvalue weighted by Gasteiger charge is 2.29. The van der Waals surface area contributed by atoms with Crippen molar-refractivity contribution < 1.29 is 4.74 Å². The maximum Gasteiger partial charge on any atom is 0.126 e. The summed E-state index contributed by atoms with van der Waals surface area (Å²) in [6, 6.07) is 11.1. The van der Waals surface area contributed by atoms with E-state index in [-0.39, 0.29) is 0 Å². The predicted octanol–water partition coefficient (Wildman–Crippen LogP) is 4.44. The molecule has 0 aromatic heterocycles. The van der Waals surface area contributed by atoms with Crippen LogP contribution in [0.15, 0.2) is 30.3 Å². The molecule has 0 spiro atoms. The van der Waals surface area contributed by atoms with Gasteiger partial charge in [-0.3, -0.25) is 0 Å². The molecule has 98 valence electrons. The Kier molecular flexibility index (Phi) is 2.85. The second-order valence-corrected chi connectivity index (χ2v) is 5.65. The molecule has 0 N–H and O–H groups in total. The van der Waals surface area contributed by atoms with Gasteiger partial charge in [0, 0.05) is 11.5 Å². The standard InChI is InChI=1S/C18H20O/c1-11-5-7-15(8-6-11)16-10-19-18-14(4)12(2)9-13(3)17(16)18/h5-9,16H,10H2,1-4H3/t16-/m0/s1. The van der Waals surface area contributed by atoms with Crippen molar-refractivity contribution in [1.29, 1.82) is 0 Å². The first kappa shape index (κ1) is 12.3. The molecule has 2 aromatic carbocycles. The first-order valence-electron chi connectivity index (χ1n) is 6.88. The Morgan fingerprint density at radius 2 is 1.63 bits per heavy atom. The molecular weight excluding hydrogens is 232 g/mol. The van der Waals surface area contributed by atoms with Gasteiger partial charge in [0.2, 0.25) is 0 Å². The molecular formula is C18H20O. The SMILES string of the molecule is Cc1ccc([C@@H]2COc3c(C)c(C)cc(C)c32)cc1. The molecule has 0 saturated carbocycles. The van der Waals surface area contributed by atoms with Crippen LogP contribution in [0.3, 0.4) is 0 Å². The van der Waals surface area contributed by atoms with Crippen molar-refractivity contribution in [3.05, 3.63) is 63.7 Å². The minimum Gasteiger partial charge on any atom is -0.492 e. The fourth-order valence-corrected chi connectivity index (χ4v) is 3.00. The number of hydrogen-bond acceptors (Lipinski definition) is 1. The van der Waals surface area contributed by atoms with Crippen molar-refractivity contribution in [3.63, 3.8) is 0 Å². The number of hydrogen-bond donors (Lipinski definition) is 0. The largest absolute Gasteiger partial charge is 0.492 e. The molecule has 2 aromatic rings. The number of rotatable bonds is 1. The molecule has 1 aliphatic heterocycles. The van der Waals surface area contributed by atoms with Crippen molar-refractivity contribution in [2.75, 3.05) is 6.61 Å². The lowest BCUT2D eigenvalue weighted by Gasteiger charge is -2.14. The highest BCUT2D eigenvalue weighted by molar-refractivity contribution is 5.56. The summed E-state index contributed by atoms with van der Waals surface area (Å²) in [7, 11) is 0. The van der Waals surface area contributed by atoms with E-state index in [1.165, 1.54) is 33.4 Å². The molecule has 0 saturated heterocycles. The molecule has 1 heteroatoms. The summed E-state index contributed by atoms with van der Waals surface area (Å²) in [6.45, 7) is 9.41. The van der Waals surface area contributed by atoms with Gasteiger partial charge in [-0.05, 0) is 49.9 Å². The highest BCUT2D eigenvalue weighted by Crippen LogP contribution is 2.43. The van der Waals surface area contributed by atoms with Crippen LogP contribution >= 0.6 is 0 Å². The summed E-state index contributed by atoms with van der Waals surface area (Å²) in [6.07, 6.45) is 0. The van der Waals surface area contributed by atoms with Crippen LogP contribution in [0, 0.1) is 27.7 Å². The van der Waals surface area contributed by atoms with Crippen molar-refractivity contribution in [2.45, 2.75) is 33.6 Å². The molecule has 0 bridgehead atoms. The highest BCUT2D eigenvalue weighted by atomic mass is 16.5. The third-order valence-corrected chi connectivity index (χ3v) is 4.26. The fraction of sp³-hybridized carbons (Fsp3) is 0.333. The van der Waals surface area contributed by atoms with E-state index in [4.69, 9.17) is 4.74 Å². The van der Waals surface area contributed by atoms with Gasteiger partial charge in [0.15, 0.2) is 0 Å². The van der Waals surface area contributed by atoms with E-state index in [0.29, 0.717) is 5.92 Å². The lowest BCUT2D eigenvalue weighted by Crippen LogP contribution is -2.03. The predicted molar refractivity (Wildman–Crippen MR) is 79.2 cm³/mol. The average molecular weight is 252 g/mol. The van der Waals surface area contributed by atoms with Gasteiger partial charge in [0.05, 0.1) is 6.61 Å². The molecule has 1 atom stereocenters. The normalized spacial score (nSPS) is 17.2. The van der Waals surface area contributed by atoms with Crippen LogP contribution in [0.1, 0.15) is 39.3 Å². The first-order chi connectivity index (χ1) is 9.08. The van der Waals surface area contributed by atoms with Crippen LogP contribution in [-0.4, -0.2) is 6.61 Å². The Morgan fingerprint density at radius 3 is 2.32 bits per heavy atom. The lowest BCUT2D eigenvalue weighted by molar-refractivity contribution is 0.341. The van der Waals surface area contributed by atoms with Gasteiger partial charge in [-0.25, -0.2) is 0 Å². The zero-order valence-corrected chi connectivity index (χ0v) is 12.1. The van der Waals surface area contributed by atoms with E-state index >= 15 is 0 Å². The minimum atomic E-state index is 0.384. The zero-order chi connectivity index (χ0) is 13.6. The summed E-state index contributed by atoms with van der Waals surface area (Å²) in [5, 5.41) is 0. The quantitative estimate of drug-likeness (QED) is 0.729. The molecule has 0 amide bonds. The second-order valence-electron chi connectivity index (χ2n) is 5.65. The van der Waals surface area contributed by atoms with Crippen LogP contribution in [0.4, 0.5) is 0 Å². The summed E-state index contributed by atoms with van der Waals surface area (Å²) in [4.78, 5) is 0. The van der Waals surface area contributed by atoms with Gasteiger partial charge in [-0.2, -0.15) is 0 Å². The zero-order valence-electron chi connectivity index (χ0n) is 12.1. The molecule has 3 rings (SSSR count). The van der Waals surface area contributed by atoms with Gasteiger partial charge < -0.3 is 4.74 Å². The van der Waals surface area contributed by atoms with Gasteiger partial charge in [-0.15, -0.1) is 0 Å². The monoisotopic (exact) mass is 252 g/mol. The Morgan fingerprint density at radius 1 is 0.947 bits per heavy atom. The van der Waals surface area contributed by atoms with E-state index in [2.05, 4.69) is 58.0 Å². The Labute approximate surface area is 115 Å². The topological polar surface area (TPSA) is 9.23 Å². The van der Waals surface area contributed by atoms with Crippen molar-refractivity contribution in [3.8, 4) is 5.75 Å². The van der Waals surface area contributed by atoms with Crippen LogP contribution in [0.2, 0.25) is 0 Å². The van der Waals surface area contributed by atoms with E-state index in [9.17, 15) is 0 Å². The molecule has 0 aliphatic carbocycles. The van der Waals surface area contributed by atoms with Crippen molar-refractivity contribution in [2.24, 2.45) is 0 Å². The lowest BCUT2D eigenvalue weighted by atomic mass is 9.87. The number of benzene rings is 2. The Hall–Kier alpha value is -1.76. The first-order valence-corrected chi connectivity index (χ1v) is 6.88. The van der Waals surface area contributed by atoms with Crippen LogP contribution in [0.5, 0.6) is 5.75 Å². The van der Waals surface area contributed by atoms with E-state index in [1.54, 1.807) is 0 Å². The van der Waals surface area contributed by atoms with Gasteiger partial charge in [-0.1, -0.05) is 35.9 Å². The van der Waals surface area contributed by atoms with Crippen LogP contribution < -0.4 is 4.74 Å². The maximum atomic E-state index is 5.99. The molecule has 0 unspecified atom stereocenters. The summed E-state index contributed by atoms with van der Waals surface area (Å²) in [5.74, 6) is 1.50. The van der Waals surface area contributed by atoms with Crippen LogP contribution in [0.25, 0.3) is 0 Å². The number of aryl methyl sites for hydroxylation is 3. The number of fused-ring (bicyclic) bond motifs is 1. The number of ether oxygens (including phenoxy) is 1. The molecule has 1 nitrogen and oxygen atoms in total. The Balaban J connectivity index is 2.12. The fourth-order valence-electron chi connectivity index (χ4n) is 3.00. The van der Waals surface area contributed by atoms with Gasteiger partial charge in [0.25, 0.3) is 0 Å². The molecule has 1 heterocycles. The summed E-state index contributed by atoms with van der Waals surface area (Å²) < 4.78 is 5.99. The third-order valence-electron chi connectivity index (χ3n) is 4.26. The maximum absolute atomic E-state index is 5.99. The van der Waals surface area contributed by atoms with Gasteiger partial charge >= 0.3 is 0 Å². The molecule has 0 radical (unpaired) electrons. The molecule has 0 fully saturated rings. The van der Waals surface area contributed by atoms with E-state index < -0.39 is 0 Å². The average Bonchev–Trinajstić information content (AvgIpc) is 2.82. The van der Waals surface area contributed by atoms with Crippen LogP contribution in [-0.2, 0) is 0 Å². The molecule has 1 aliphatic rings. The van der Waals surface area contributed by atoms with Crippen molar-refractivity contribution >= 4 is 0 Å². The second kappa shape index (κ2) is 4.41. The van der Waals surface area contributed by atoms with E-state index in [0.717, 1.165) is 12.4 Å². The van der Waals surface area contributed by atoms with E-state index in [1.807, 2.05) is 0 Å². The summed E-state index contributed by atoms with van der Waals surface area (Å²) in [5.41, 5.74) is 8.00. The van der Waals surface area contributed by atoms with Crippen molar-refractivity contribution in [1.82, 2.24) is 0 Å². The van der Waals surface area contributed by atoms with Gasteiger partial charge in [0.1, 0.15) is 5.75 Å². The summed E-state index contributed by atoms with van der Waals surface area (Å²) >= 11 is 0. The third kappa shape index (κ3) is 1.94.